The van der Waals surface area contributed by atoms with Crippen LogP contribution in [0.4, 0.5) is 14.5 Å². The fourth-order valence-electron chi connectivity index (χ4n) is 6.16. The topological polar surface area (TPSA) is 58.6 Å². The van der Waals surface area contributed by atoms with Gasteiger partial charge in [0.05, 0.1) is 24.8 Å². The quantitative estimate of drug-likeness (QED) is 0.422. The van der Waals surface area contributed by atoms with Crippen molar-refractivity contribution < 1.29 is 23.1 Å². The van der Waals surface area contributed by atoms with Crippen molar-refractivity contribution >= 4 is 34.5 Å². The van der Waals surface area contributed by atoms with Crippen LogP contribution in [0.5, 0.6) is 0 Å². The number of ether oxygens (including phenoxy) is 1. The van der Waals surface area contributed by atoms with Gasteiger partial charge in [-0.25, -0.2) is 13.6 Å². The van der Waals surface area contributed by atoms with E-state index >= 15 is 0 Å². The number of thiophene rings is 1. The SMILES string of the molecule is COC(=O)c1sc(C2=CCCCC2)cc1NC(=O)C1(C2CCN(CC(F)F)CC2)CCC(C)CC1. The van der Waals surface area contributed by atoms with Crippen LogP contribution in [0.2, 0.25) is 0 Å². The number of anilines is 1. The predicted molar refractivity (Wildman–Crippen MR) is 136 cm³/mol. The van der Waals surface area contributed by atoms with Gasteiger partial charge in [-0.1, -0.05) is 13.0 Å². The Labute approximate surface area is 211 Å². The van der Waals surface area contributed by atoms with Gasteiger partial charge in [0.2, 0.25) is 5.91 Å². The van der Waals surface area contributed by atoms with Gasteiger partial charge in [0.15, 0.2) is 0 Å². The van der Waals surface area contributed by atoms with Gasteiger partial charge in [-0.05, 0) is 101 Å². The van der Waals surface area contributed by atoms with E-state index in [1.165, 1.54) is 30.4 Å². The van der Waals surface area contributed by atoms with E-state index in [1.54, 1.807) is 0 Å². The second-order valence-electron chi connectivity index (χ2n) is 10.6. The summed E-state index contributed by atoms with van der Waals surface area (Å²) in [5.41, 5.74) is 1.25. The third-order valence-electron chi connectivity index (χ3n) is 8.34. The average molecular weight is 509 g/mol. The summed E-state index contributed by atoms with van der Waals surface area (Å²) in [5, 5.41) is 3.16. The summed E-state index contributed by atoms with van der Waals surface area (Å²) in [6.07, 6.45) is 9.30. The molecular weight excluding hydrogens is 470 g/mol. The number of carbonyl (C=O) groups is 2. The zero-order valence-electron chi connectivity index (χ0n) is 20.9. The van der Waals surface area contributed by atoms with Gasteiger partial charge < -0.3 is 10.1 Å². The molecule has 4 rings (SSSR count). The standard InChI is InChI=1S/C27H38F2N2O3S/c1-18-8-12-27(13-9-18,20-10-14-31(15-11-20)17-23(28)29)26(33)30-21-16-22(19-6-4-3-5-7-19)35-24(21)25(32)34-2/h6,16,18,20,23H,3-5,7-15,17H2,1-2H3,(H,30,33). The monoisotopic (exact) mass is 508 g/mol. The van der Waals surface area contributed by atoms with Crippen LogP contribution < -0.4 is 5.32 Å². The number of esters is 1. The van der Waals surface area contributed by atoms with E-state index in [1.807, 2.05) is 11.0 Å². The molecule has 8 heteroatoms. The van der Waals surface area contributed by atoms with E-state index in [2.05, 4.69) is 18.3 Å². The van der Waals surface area contributed by atoms with Gasteiger partial charge in [-0.15, -0.1) is 11.3 Å². The minimum Gasteiger partial charge on any atom is -0.465 e. The van der Waals surface area contributed by atoms with Crippen LogP contribution >= 0.6 is 11.3 Å². The van der Waals surface area contributed by atoms with E-state index in [4.69, 9.17) is 4.74 Å². The van der Waals surface area contributed by atoms with Gasteiger partial charge in [-0.3, -0.25) is 9.69 Å². The second-order valence-corrected chi connectivity index (χ2v) is 11.6. The fraction of sp³-hybridized carbons (Fsp3) is 0.704. The molecule has 1 aliphatic heterocycles. The molecule has 3 aliphatic rings. The molecule has 0 atom stereocenters. The predicted octanol–water partition coefficient (Wildman–Crippen LogP) is 6.60. The number of allylic oxidation sites excluding steroid dienone is 2. The summed E-state index contributed by atoms with van der Waals surface area (Å²) in [4.78, 5) is 29.9. The van der Waals surface area contributed by atoms with Crippen LogP contribution in [0, 0.1) is 17.3 Å². The van der Waals surface area contributed by atoms with Crippen LogP contribution in [0.3, 0.4) is 0 Å². The van der Waals surface area contributed by atoms with E-state index in [0.29, 0.717) is 29.6 Å². The number of hydrogen-bond donors (Lipinski definition) is 1. The Balaban J connectivity index is 1.57. The molecule has 194 valence electrons. The number of alkyl halides is 2. The normalized spacial score (nSPS) is 26.4. The van der Waals surface area contributed by atoms with Crippen LogP contribution in [0.1, 0.15) is 85.7 Å². The van der Waals surface area contributed by atoms with Crippen LogP contribution in [0.15, 0.2) is 12.1 Å². The minimum atomic E-state index is -2.33. The molecule has 0 radical (unpaired) electrons. The molecular formula is C27H38F2N2O3S. The minimum absolute atomic E-state index is 0.0242. The molecule has 1 aromatic rings. The molecule has 1 saturated carbocycles. The van der Waals surface area contributed by atoms with Crippen molar-refractivity contribution in [1.29, 1.82) is 0 Å². The Kier molecular flexibility index (Phi) is 8.63. The number of piperidine rings is 1. The maximum absolute atomic E-state index is 14.0. The smallest absolute Gasteiger partial charge is 0.350 e. The van der Waals surface area contributed by atoms with Crippen molar-refractivity contribution in [3.63, 3.8) is 0 Å². The molecule has 0 bridgehead atoms. The number of nitrogens with zero attached hydrogens (tertiary/aromatic N) is 1. The average Bonchev–Trinajstić information content (AvgIpc) is 3.28. The number of carbonyl (C=O) groups excluding carboxylic acids is 2. The zero-order valence-corrected chi connectivity index (χ0v) is 21.7. The van der Waals surface area contributed by atoms with Gasteiger partial charge in [0, 0.05) is 4.88 Å². The molecule has 35 heavy (non-hydrogen) atoms. The molecule has 5 nitrogen and oxygen atoms in total. The van der Waals surface area contributed by atoms with Gasteiger partial charge in [0.1, 0.15) is 4.88 Å². The lowest BCUT2D eigenvalue weighted by molar-refractivity contribution is -0.133. The highest BCUT2D eigenvalue weighted by Crippen LogP contribution is 2.49. The van der Waals surface area contributed by atoms with Crippen molar-refractivity contribution in [1.82, 2.24) is 4.90 Å². The lowest BCUT2D eigenvalue weighted by Crippen LogP contribution is -2.49. The van der Waals surface area contributed by atoms with Crippen molar-refractivity contribution in [2.45, 2.75) is 77.6 Å². The fourth-order valence-corrected chi connectivity index (χ4v) is 7.26. The maximum Gasteiger partial charge on any atom is 0.350 e. The first-order valence-electron chi connectivity index (χ1n) is 13.1. The lowest BCUT2D eigenvalue weighted by Gasteiger charge is -2.47. The highest BCUT2D eigenvalue weighted by molar-refractivity contribution is 7.15. The zero-order chi connectivity index (χ0) is 25.0. The maximum atomic E-state index is 14.0. The first-order chi connectivity index (χ1) is 16.8. The number of hydrogen-bond acceptors (Lipinski definition) is 5. The molecule has 1 aromatic heterocycles. The van der Waals surface area contributed by atoms with Crippen molar-refractivity contribution in [3.8, 4) is 0 Å². The molecule has 2 heterocycles. The molecule has 0 aromatic carbocycles. The summed E-state index contributed by atoms with van der Waals surface area (Å²) in [5.74, 6) is 0.277. The molecule has 0 spiro atoms. The van der Waals surface area contributed by atoms with Crippen molar-refractivity contribution in [2.75, 3.05) is 32.1 Å². The summed E-state index contributed by atoms with van der Waals surface area (Å²) in [6.45, 7) is 3.23. The van der Waals surface area contributed by atoms with Crippen LogP contribution in [-0.4, -0.2) is 49.9 Å². The number of methoxy groups -OCH3 is 1. The van der Waals surface area contributed by atoms with E-state index < -0.39 is 17.8 Å². The molecule has 2 fully saturated rings. The third-order valence-corrected chi connectivity index (χ3v) is 9.53. The number of amides is 1. The first kappa shape index (κ1) is 26.3. The summed E-state index contributed by atoms with van der Waals surface area (Å²) < 4.78 is 30.8. The van der Waals surface area contributed by atoms with Gasteiger partial charge in [0.25, 0.3) is 6.43 Å². The van der Waals surface area contributed by atoms with Crippen molar-refractivity contribution in [2.24, 2.45) is 17.3 Å². The highest BCUT2D eigenvalue weighted by Gasteiger charge is 2.48. The number of nitrogens with one attached hydrogen (secondary N) is 1. The third kappa shape index (κ3) is 5.96. The largest absolute Gasteiger partial charge is 0.465 e. The Morgan fingerprint density at radius 1 is 1.20 bits per heavy atom. The van der Waals surface area contributed by atoms with E-state index in [0.717, 1.165) is 62.7 Å². The number of halogens is 2. The summed E-state index contributed by atoms with van der Waals surface area (Å²) in [6, 6.07) is 1.94. The van der Waals surface area contributed by atoms with E-state index in [9.17, 15) is 18.4 Å². The second kappa shape index (κ2) is 11.5. The Hall–Kier alpha value is -1.80. The van der Waals surface area contributed by atoms with Crippen LogP contribution in [-0.2, 0) is 9.53 Å². The Morgan fingerprint density at radius 2 is 1.91 bits per heavy atom. The number of rotatable bonds is 7. The molecule has 1 amide bonds. The number of likely N-dealkylation sites (tertiary alicyclic amines) is 1. The lowest BCUT2D eigenvalue weighted by atomic mass is 9.60. The summed E-state index contributed by atoms with van der Waals surface area (Å²) >= 11 is 1.39. The Morgan fingerprint density at radius 3 is 2.51 bits per heavy atom. The molecule has 1 saturated heterocycles. The highest BCUT2D eigenvalue weighted by atomic mass is 32.1. The van der Waals surface area contributed by atoms with E-state index in [-0.39, 0.29) is 18.4 Å². The van der Waals surface area contributed by atoms with Crippen molar-refractivity contribution in [3.05, 3.63) is 21.9 Å². The van der Waals surface area contributed by atoms with Gasteiger partial charge >= 0.3 is 5.97 Å². The van der Waals surface area contributed by atoms with Gasteiger partial charge in [-0.2, -0.15) is 0 Å². The van der Waals surface area contributed by atoms with Crippen LogP contribution in [0.25, 0.3) is 5.57 Å². The molecule has 0 unspecified atom stereocenters. The molecule has 2 aliphatic carbocycles. The Bertz CT molecular complexity index is 929. The summed E-state index contributed by atoms with van der Waals surface area (Å²) in [7, 11) is 1.37. The first-order valence-corrected chi connectivity index (χ1v) is 13.9. The molecule has 1 N–H and O–H groups in total.